The molecule has 2 N–H and O–H groups in total. The minimum Gasteiger partial charge on any atom is -0.497 e. The summed E-state index contributed by atoms with van der Waals surface area (Å²) in [4.78, 5) is 13.8. The number of benzene rings is 2. The lowest BCUT2D eigenvalue weighted by molar-refractivity contribution is -0.918. The summed E-state index contributed by atoms with van der Waals surface area (Å²) in [5.74, 6) is 1.30. The zero-order valence-corrected chi connectivity index (χ0v) is 16.0. The number of amides is 1. The van der Waals surface area contributed by atoms with E-state index in [0.29, 0.717) is 12.3 Å². The van der Waals surface area contributed by atoms with E-state index in [-0.39, 0.29) is 12.5 Å². The van der Waals surface area contributed by atoms with E-state index in [4.69, 9.17) is 9.47 Å². The highest BCUT2D eigenvalue weighted by atomic mass is 16.5. The molecule has 0 spiro atoms. The van der Waals surface area contributed by atoms with Gasteiger partial charge in [-0.15, -0.1) is 0 Å². The number of piperidine rings is 1. The second-order valence-corrected chi connectivity index (χ2v) is 7.00. The van der Waals surface area contributed by atoms with Gasteiger partial charge in [0.05, 0.1) is 20.2 Å². The topological polar surface area (TPSA) is 52.0 Å². The summed E-state index contributed by atoms with van der Waals surface area (Å²) in [7, 11) is 1.62. The van der Waals surface area contributed by atoms with Crippen LogP contribution in [0.1, 0.15) is 30.4 Å². The average molecular weight is 369 g/mol. The van der Waals surface area contributed by atoms with Crippen LogP contribution in [0.3, 0.4) is 0 Å². The van der Waals surface area contributed by atoms with Gasteiger partial charge in [0, 0.05) is 12.1 Å². The van der Waals surface area contributed by atoms with Gasteiger partial charge in [0.2, 0.25) is 0 Å². The molecule has 0 atom stereocenters. The van der Waals surface area contributed by atoms with E-state index < -0.39 is 0 Å². The Labute approximate surface area is 161 Å². The predicted octanol–water partition coefficient (Wildman–Crippen LogP) is 1.96. The van der Waals surface area contributed by atoms with Gasteiger partial charge in [-0.2, -0.15) is 0 Å². The summed E-state index contributed by atoms with van der Waals surface area (Å²) >= 11 is 0. The Bertz CT molecular complexity index is 725. The van der Waals surface area contributed by atoms with Gasteiger partial charge in [-0.05, 0) is 49.1 Å². The zero-order valence-electron chi connectivity index (χ0n) is 16.0. The molecule has 1 amide bonds. The molecule has 0 saturated carbocycles. The molecule has 1 heterocycles. The van der Waals surface area contributed by atoms with E-state index in [2.05, 4.69) is 23.5 Å². The van der Waals surface area contributed by atoms with Gasteiger partial charge in [-0.1, -0.05) is 24.3 Å². The number of rotatable bonds is 8. The number of quaternary nitrogens is 1. The molecule has 0 bridgehead atoms. The minimum atomic E-state index is -0.119. The molecular formula is C22H29N2O3+. The van der Waals surface area contributed by atoms with Crippen molar-refractivity contribution in [3.8, 4) is 11.5 Å². The number of carbonyl (C=O) groups is 1. The fourth-order valence-electron chi connectivity index (χ4n) is 3.47. The van der Waals surface area contributed by atoms with E-state index in [0.717, 1.165) is 12.3 Å². The van der Waals surface area contributed by atoms with Gasteiger partial charge in [0.15, 0.2) is 6.61 Å². The Balaban J connectivity index is 1.47. The molecule has 1 saturated heterocycles. The number of ether oxygens (including phenoxy) is 2. The summed E-state index contributed by atoms with van der Waals surface area (Å²) in [6.07, 6.45) is 3.99. The third kappa shape index (κ3) is 6.00. The second-order valence-electron chi connectivity index (χ2n) is 7.00. The molecule has 1 fully saturated rings. The molecule has 2 aromatic carbocycles. The van der Waals surface area contributed by atoms with Crippen molar-refractivity contribution in [2.24, 2.45) is 0 Å². The van der Waals surface area contributed by atoms with Crippen LogP contribution in [-0.4, -0.2) is 32.7 Å². The molecule has 144 valence electrons. The minimum absolute atomic E-state index is 0.00582. The van der Waals surface area contributed by atoms with E-state index in [1.807, 2.05) is 18.2 Å². The van der Waals surface area contributed by atoms with Gasteiger partial charge < -0.3 is 19.7 Å². The Kier molecular flexibility index (Phi) is 7.11. The van der Waals surface area contributed by atoms with Crippen LogP contribution >= 0.6 is 0 Å². The molecular weight excluding hydrogens is 340 g/mol. The van der Waals surface area contributed by atoms with Crippen LogP contribution in [0, 0.1) is 0 Å². The predicted molar refractivity (Wildman–Crippen MR) is 105 cm³/mol. The van der Waals surface area contributed by atoms with Crippen LogP contribution in [0.25, 0.3) is 0 Å². The fourth-order valence-corrected chi connectivity index (χ4v) is 3.47. The van der Waals surface area contributed by atoms with Crippen LogP contribution in [0.15, 0.2) is 48.5 Å². The maximum atomic E-state index is 12.1. The first-order valence-corrected chi connectivity index (χ1v) is 9.68. The van der Waals surface area contributed by atoms with Gasteiger partial charge >= 0.3 is 0 Å². The van der Waals surface area contributed by atoms with Gasteiger partial charge in [0.25, 0.3) is 5.91 Å². The highest BCUT2D eigenvalue weighted by molar-refractivity contribution is 5.77. The Morgan fingerprint density at radius 1 is 0.963 bits per heavy atom. The van der Waals surface area contributed by atoms with Crippen LogP contribution < -0.4 is 19.7 Å². The first-order valence-electron chi connectivity index (χ1n) is 9.68. The van der Waals surface area contributed by atoms with Crippen molar-refractivity contribution in [2.45, 2.75) is 32.4 Å². The van der Waals surface area contributed by atoms with Gasteiger partial charge in [-0.3, -0.25) is 4.79 Å². The lowest BCUT2D eigenvalue weighted by Crippen LogP contribution is -3.11. The summed E-state index contributed by atoms with van der Waals surface area (Å²) in [6, 6.07) is 15.6. The standard InChI is InChI=1S/C22H28N2O3/c1-26-20-9-11-21(12-10-20)27-17-22(25)23-15-18-7-3-4-8-19(18)16-24-13-5-2-6-14-24/h3-4,7-12H,2,5-6,13-17H2,1H3,(H,23,25)/p+1. The molecule has 5 heteroatoms. The second kappa shape index (κ2) is 9.97. The van der Waals surface area contributed by atoms with E-state index in [1.165, 1.54) is 43.5 Å². The number of nitrogens with one attached hydrogen (secondary N) is 2. The third-order valence-corrected chi connectivity index (χ3v) is 5.02. The van der Waals surface area contributed by atoms with Crippen molar-refractivity contribution in [3.05, 3.63) is 59.7 Å². The monoisotopic (exact) mass is 369 g/mol. The fraction of sp³-hybridized carbons (Fsp3) is 0.409. The maximum absolute atomic E-state index is 12.1. The summed E-state index contributed by atoms with van der Waals surface area (Å²) in [6.45, 7) is 4.07. The van der Waals surface area contributed by atoms with E-state index in [1.54, 1.807) is 24.1 Å². The number of likely N-dealkylation sites (tertiary alicyclic amines) is 1. The molecule has 1 aliphatic rings. The van der Waals surface area contributed by atoms with Gasteiger partial charge in [0.1, 0.15) is 18.0 Å². The molecule has 0 radical (unpaired) electrons. The summed E-state index contributed by atoms with van der Waals surface area (Å²) in [5.41, 5.74) is 2.51. The molecule has 5 nitrogen and oxygen atoms in total. The number of methoxy groups -OCH3 is 1. The SMILES string of the molecule is COc1ccc(OCC(=O)NCc2ccccc2C[NH+]2CCCCC2)cc1. The van der Waals surface area contributed by atoms with Crippen LogP contribution in [-0.2, 0) is 17.9 Å². The molecule has 0 unspecified atom stereocenters. The van der Waals surface area contributed by atoms with E-state index in [9.17, 15) is 4.79 Å². The average Bonchev–Trinajstić information content (AvgIpc) is 2.73. The molecule has 27 heavy (non-hydrogen) atoms. The normalized spacial score (nSPS) is 14.6. The van der Waals surface area contributed by atoms with Crippen LogP contribution in [0.5, 0.6) is 11.5 Å². The van der Waals surface area contributed by atoms with Crippen molar-refractivity contribution < 1.29 is 19.2 Å². The zero-order chi connectivity index (χ0) is 18.9. The summed E-state index contributed by atoms with van der Waals surface area (Å²) < 4.78 is 10.6. The largest absolute Gasteiger partial charge is 0.497 e. The van der Waals surface area contributed by atoms with Crippen molar-refractivity contribution >= 4 is 5.91 Å². The molecule has 0 aliphatic carbocycles. The Morgan fingerprint density at radius 2 is 1.63 bits per heavy atom. The third-order valence-electron chi connectivity index (χ3n) is 5.02. The number of hydrogen-bond donors (Lipinski definition) is 2. The van der Waals surface area contributed by atoms with Crippen LogP contribution in [0.2, 0.25) is 0 Å². The number of carbonyl (C=O) groups excluding carboxylic acids is 1. The highest BCUT2D eigenvalue weighted by Gasteiger charge is 2.15. The van der Waals surface area contributed by atoms with Crippen LogP contribution in [0.4, 0.5) is 0 Å². The maximum Gasteiger partial charge on any atom is 0.258 e. The van der Waals surface area contributed by atoms with Crippen molar-refractivity contribution in [1.82, 2.24) is 5.32 Å². The van der Waals surface area contributed by atoms with Crippen molar-refractivity contribution in [2.75, 3.05) is 26.8 Å². The highest BCUT2D eigenvalue weighted by Crippen LogP contribution is 2.16. The van der Waals surface area contributed by atoms with E-state index >= 15 is 0 Å². The lowest BCUT2D eigenvalue weighted by atomic mass is 10.0. The smallest absolute Gasteiger partial charge is 0.258 e. The van der Waals surface area contributed by atoms with Crippen molar-refractivity contribution in [3.63, 3.8) is 0 Å². The number of hydrogen-bond acceptors (Lipinski definition) is 3. The summed E-state index contributed by atoms with van der Waals surface area (Å²) in [5, 5.41) is 2.97. The van der Waals surface area contributed by atoms with Gasteiger partial charge in [-0.25, -0.2) is 0 Å². The Hall–Kier alpha value is -2.53. The van der Waals surface area contributed by atoms with Crippen molar-refractivity contribution in [1.29, 1.82) is 0 Å². The molecule has 1 aliphatic heterocycles. The molecule has 2 aromatic rings. The quantitative estimate of drug-likeness (QED) is 0.748. The Morgan fingerprint density at radius 3 is 2.33 bits per heavy atom. The first kappa shape index (κ1) is 19.2. The lowest BCUT2D eigenvalue weighted by Gasteiger charge is -2.24. The molecule has 3 rings (SSSR count). The first-order chi connectivity index (χ1) is 13.2. The molecule has 0 aromatic heterocycles.